The van der Waals surface area contributed by atoms with Crippen LogP contribution in [0.1, 0.15) is 64.2 Å². The molecule has 0 radical (unpaired) electrons. The first-order valence-electron chi connectivity index (χ1n) is 13.3. The van der Waals surface area contributed by atoms with Crippen molar-refractivity contribution in [2.45, 2.75) is 69.7 Å². The molecule has 2 aliphatic carbocycles. The summed E-state index contributed by atoms with van der Waals surface area (Å²) < 4.78 is 2.26. The highest BCUT2D eigenvalue weighted by atomic mass is 16.1. The van der Waals surface area contributed by atoms with Gasteiger partial charge in [-0.3, -0.25) is 4.79 Å². The number of tetrazole rings is 1. The Balaban J connectivity index is 1.63. The molecular formula is C28H33N7O. The molecule has 2 aromatic heterocycles. The highest BCUT2D eigenvalue weighted by molar-refractivity contribution is 5.90. The molecule has 0 bridgehead atoms. The number of benzene rings is 2. The fraction of sp³-hybridized carbons (Fsp3) is 0.464. The van der Waals surface area contributed by atoms with Crippen LogP contribution in [0.15, 0.2) is 48.5 Å². The number of carbonyl (C=O) groups excluding carboxylic acids is 1. The van der Waals surface area contributed by atoms with Gasteiger partial charge in [0.25, 0.3) is 0 Å². The minimum Gasteiger partial charge on any atom is -0.368 e. The number of amides is 1. The summed E-state index contributed by atoms with van der Waals surface area (Å²) in [5.41, 5.74) is 9.37. The van der Waals surface area contributed by atoms with Gasteiger partial charge < -0.3 is 10.3 Å². The van der Waals surface area contributed by atoms with Gasteiger partial charge in [-0.05, 0) is 60.9 Å². The van der Waals surface area contributed by atoms with E-state index in [-0.39, 0.29) is 17.7 Å². The van der Waals surface area contributed by atoms with Gasteiger partial charge >= 0.3 is 0 Å². The Morgan fingerprint density at radius 3 is 2.19 bits per heavy atom. The Morgan fingerprint density at radius 2 is 1.56 bits per heavy atom. The van der Waals surface area contributed by atoms with Crippen LogP contribution in [0, 0.1) is 11.8 Å². The van der Waals surface area contributed by atoms with Crippen LogP contribution in [0.2, 0.25) is 0 Å². The molecular weight excluding hydrogens is 450 g/mol. The largest absolute Gasteiger partial charge is 0.368 e. The molecule has 0 atom stereocenters. The van der Waals surface area contributed by atoms with Gasteiger partial charge in [0, 0.05) is 11.1 Å². The van der Waals surface area contributed by atoms with E-state index in [0.29, 0.717) is 5.82 Å². The molecule has 2 aliphatic rings. The number of para-hydroxylation sites is 2. The standard InChI is InChI=1S/C28H33N7O/c29-27(36)28(21-12-3-1-4-13-21,22-14-5-2-6-15-22)35-24-17-8-7-16-23(24)30-26(35)20-11-9-10-19(18-20)25-31-33-34-32-25/h7-11,16-18,21-22H,1-6,12-15H2,(H2,29,36)(H,31,32,33,34). The molecule has 0 unspecified atom stereocenters. The number of nitrogens with zero attached hydrogens (tertiary/aromatic N) is 5. The van der Waals surface area contributed by atoms with E-state index in [4.69, 9.17) is 10.7 Å². The number of rotatable bonds is 6. The number of hydrogen-bond donors (Lipinski definition) is 2. The third-order valence-electron chi connectivity index (χ3n) is 8.50. The fourth-order valence-electron chi connectivity index (χ4n) is 6.97. The van der Waals surface area contributed by atoms with Crippen LogP contribution in [0.25, 0.3) is 33.8 Å². The number of nitrogens with two attached hydrogens (primary N) is 1. The van der Waals surface area contributed by atoms with Crippen molar-refractivity contribution in [2.75, 3.05) is 0 Å². The Hall–Kier alpha value is -3.55. The Bertz CT molecular complexity index is 1330. The summed E-state index contributed by atoms with van der Waals surface area (Å²) in [6.45, 7) is 0. The van der Waals surface area contributed by atoms with E-state index >= 15 is 0 Å². The van der Waals surface area contributed by atoms with E-state index in [9.17, 15) is 4.79 Å². The summed E-state index contributed by atoms with van der Waals surface area (Å²) in [7, 11) is 0. The lowest BCUT2D eigenvalue weighted by Crippen LogP contribution is -2.58. The first-order valence-corrected chi connectivity index (χ1v) is 13.3. The van der Waals surface area contributed by atoms with Gasteiger partial charge in [-0.1, -0.05) is 68.9 Å². The summed E-state index contributed by atoms with van der Waals surface area (Å²) >= 11 is 0. The van der Waals surface area contributed by atoms with E-state index in [0.717, 1.165) is 79.4 Å². The molecule has 0 spiro atoms. The molecule has 3 N–H and O–H groups in total. The second-order valence-electron chi connectivity index (χ2n) is 10.4. The molecule has 186 valence electrons. The Kier molecular flexibility index (Phi) is 6.03. The third-order valence-corrected chi connectivity index (χ3v) is 8.50. The van der Waals surface area contributed by atoms with Gasteiger partial charge in [0.2, 0.25) is 11.7 Å². The fourth-order valence-corrected chi connectivity index (χ4v) is 6.97. The van der Waals surface area contributed by atoms with E-state index in [2.05, 4.69) is 37.3 Å². The second-order valence-corrected chi connectivity index (χ2v) is 10.4. The summed E-state index contributed by atoms with van der Waals surface area (Å²) in [5.74, 6) is 1.50. The normalized spacial score (nSPS) is 18.0. The first kappa shape index (κ1) is 22.9. The number of nitrogens with one attached hydrogen (secondary N) is 1. The van der Waals surface area contributed by atoms with Crippen molar-refractivity contribution in [3.63, 3.8) is 0 Å². The van der Waals surface area contributed by atoms with Gasteiger partial charge in [-0.25, -0.2) is 4.98 Å². The van der Waals surface area contributed by atoms with Crippen molar-refractivity contribution >= 4 is 16.9 Å². The smallest absolute Gasteiger partial charge is 0.244 e. The Labute approximate surface area is 210 Å². The van der Waals surface area contributed by atoms with Crippen LogP contribution in [-0.2, 0) is 10.3 Å². The van der Waals surface area contributed by atoms with Crippen LogP contribution in [-0.4, -0.2) is 36.1 Å². The lowest BCUT2D eigenvalue weighted by atomic mass is 9.63. The zero-order chi connectivity index (χ0) is 24.5. The van der Waals surface area contributed by atoms with Gasteiger partial charge in [-0.2, -0.15) is 5.21 Å². The molecule has 0 saturated heterocycles. The molecule has 2 heterocycles. The highest BCUT2D eigenvalue weighted by Gasteiger charge is 2.53. The average Bonchev–Trinajstić information content (AvgIpc) is 3.60. The lowest BCUT2D eigenvalue weighted by Gasteiger charge is -2.48. The molecule has 4 aromatic rings. The number of aromatic amines is 1. The maximum absolute atomic E-state index is 13.9. The first-order chi connectivity index (χ1) is 17.7. The van der Waals surface area contributed by atoms with Crippen molar-refractivity contribution in [3.05, 3.63) is 48.5 Å². The number of hydrogen-bond acceptors (Lipinski definition) is 5. The molecule has 6 rings (SSSR count). The molecule has 8 nitrogen and oxygen atoms in total. The van der Waals surface area contributed by atoms with E-state index in [1.807, 2.05) is 36.4 Å². The average molecular weight is 484 g/mol. The molecule has 2 saturated carbocycles. The monoisotopic (exact) mass is 483 g/mol. The summed E-state index contributed by atoms with van der Waals surface area (Å²) in [6, 6.07) is 16.2. The van der Waals surface area contributed by atoms with Crippen molar-refractivity contribution in [2.24, 2.45) is 17.6 Å². The van der Waals surface area contributed by atoms with E-state index in [1.165, 1.54) is 12.8 Å². The maximum atomic E-state index is 13.9. The van der Waals surface area contributed by atoms with Crippen LogP contribution in [0.4, 0.5) is 0 Å². The lowest BCUT2D eigenvalue weighted by molar-refractivity contribution is -0.135. The molecule has 8 heteroatoms. The van der Waals surface area contributed by atoms with Gasteiger partial charge in [-0.15, -0.1) is 10.2 Å². The summed E-state index contributed by atoms with van der Waals surface area (Å²) in [6.07, 6.45) is 11.1. The van der Waals surface area contributed by atoms with Crippen molar-refractivity contribution in [3.8, 4) is 22.8 Å². The number of fused-ring (bicyclic) bond motifs is 1. The van der Waals surface area contributed by atoms with E-state index in [1.54, 1.807) is 0 Å². The maximum Gasteiger partial charge on any atom is 0.244 e. The highest BCUT2D eigenvalue weighted by Crippen LogP contribution is 2.50. The molecule has 0 aliphatic heterocycles. The summed E-state index contributed by atoms with van der Waals surface area (Å²) in [4.78, 5) is 19.1. The van der Waals surface area contributed by atoms with Gasteiger partial charge in [0.1, 0.15) is 11.4 Å². The van der Waals surface area contributed by atoms with Crippen LogP contribution >= 0.6 is 0 Å². The topological polar surface area (TPSA) is 115 Å². The number of imidazole rings is 1. The Morgan fingerprint density at radius 1 is 0.889 bits per heavy atom. The predicted molar refractivity (Wildman–Crippen MR) is 139 cm³/mol. The van der Waals surface area contributed by atoms with Crippen LogP contribution < -0.4 is 5.73 Å². The second kappa shape index (κ2) is 9.48. The third kappa shape index (κ3) is 3.70. The molecule has 2 aromatic carbocycles. The minimum atomic E-state index is -0.811. The zero-order valence-corrected chi connectivity index (χ0v) is 20.6. The van der Waals surface area contributed by atoms with Crippen molar-refractivity contribution in [1.82, 2.24) is 30.2 Å². The summed E-state index contributed by atoms with van der Waals surface area (Å²) in [5, 5.41) is 14.6. The molecule has 36 heavy (non-hydrogen) atoms. The van der Waals surface area contributed by atoms with E-state index < -0.39 is 5.54 Å². The SMILES string of the molecule is NC(=O)C(C1CCCCC1)(C1CCCCC1)n1c(-c2cccc(-c3nn[nH]n3)c2)nc2ccccc21. The predicted octanol–water partition coefficient (Wildman–Crippen LogP) is 5.22. The quantitative estimate of drug-likeness (QED) is 0.390. The number of H-pyrrole nitrogens is 1. The van der Waals surface area contributed by atoms with Crippen molar-refractivity contribution in [1.29, 1.82) is 0 Å². The van der Waals surface area contributed by atoms with Crippen LogP contribution in [0.3, 0.4) is 0 Å². The number of aromatic nitrogens is 6. The number of carbonyl (C=O) groups is 1. The number of primary amides is 1. The van der Waals surface area contributed by atoms with Gasteiger partial charge in [0.15, 0.2) is 0 Å². The molecule has 1 amide bonds. The van der Waals surface area contributed by atoms with Crippen LogP contribution in [0.5, 0.6) is 0 Å². The molecule has 2 fully saturated rings. The van der Waals surface area contributed by atoms with Crippen molar-refractivity contribution < 1.29 is 4.79 Å². The zero-order valence-electron chi connectivity index (χ0n) is 20.6. The van der Waals surface area contributed by atoms with Gasteiger partial charge in [0.05, 0.1) is 11.0 Å². The minimum absolute atomic E-state index is 0.198.